The molecule has 1 rings (SSSR count). The Morgan fingerprint density at radius 2 is 1.94 bits per heavy atom. The van der Waals surface area contributed by atoms with Crippen LogP contribution in [0.4, 0.5) is 13.2 Å². The van der Waals surface area contributed by atoms with Crippen LogP contribution in [0.2, 0.25) is 0 Å². The van der Waals surface area contributed by atoms with Gasteiger partial charge in [0.2, 0.25) is 0 Å². The van der Waals surface area contributed by atoms with E-state index in [0.29, 0.717) is 0 Å². The number of carbonyl (C=O) groups excluding carboxylic acids is 1. The molecule has 2 nitrogen and oxygen atoms in total. The molecule has 1 aromatic rings. The molecular weight excluding hydrogens is 221 g/mol. The van der Waals surface area contributed by atoms with Crippen LogP contribution in [0.3, 0.4) is 0 Å². The number of alkyl halides is 3. The maximum atomic E-state index is 12.5. The van der Waals surface area contributed by atoms with Gasteiger partial charge >= 0.3 is 12.1 Å². The molecule has 0 fully saturated rings. The molecule has 0 spiro atoms. The van der Waals surface area contributed by atoms with Crippen molar-refractivity contribution in [3.8, 4) is 0 Å². The van der Waals surface area contributed by atoms with E-state index in [9.17, 15) is 18.0 Å². The maximum Gasteiger partial charge on any atom is 0.416 e. The van der Waals surface area contributed by atoms with Crippen LogP contribution in [0.25, 0.3) is 0 Å². The molecule has 0 N–H and O–H groups in total. The first-order valence-electron chi connectivity index (χ1n) is 4.76. The number of hydrogen-bond acceptors (Lipinski definition) is 2. The molecule has 16 heavy (non-hydrogen) atoms. The molecule has 0 radical (unpaired) electrons. The molecule has 0 saturated carbocycles. The molecule has 0 saturated heterocycles. The lowest BCUT2D eigenvalue weighted by Crippen LogP contribution is -2.11. The lowest BCUT2D eigenvalue weighted by atomic mass is 10.1. The van der Waals surface area contributed by atoms with Crippen LogP contribution in [-0.2, 0) is 22.3 Å². The predicted molar refractivity (Wildman–Crippen MR) is 51.5 cm³/mol. The topological polar surface area (TPSA) is 26.3 Å². The monoisotopic (exact) mass is 232 g/mol. The summed E-state index contributed by atoms with van der Waals surface area (Å²) in [6, 6.07) is 5.04. The number of rotatable bonds is 3. The molecule has 0 aliphatic rings. The minimum absolute atomic E-state index is 0.0307. The van der Waals surface area contributed by atoms with Gasteiger partial charge in [-0.3, -0.25) is 4.79 Å². The maximum absolute atomic E-state index is 12.5. The summed E-state index contributed by atoms with van der Waals surface area (Å²) in [5, 5.41) is 0. The van der Waals surface area contributed by atoms with Gasteiger partial charge in [0.25, 0.3) is 0 Å². The van der Waals surface area contributed by atoms with E-state index in [1.807, 2.05) is 0 Å². The Bertz CT molecular complexity index is 372. The number of esters is 1. The van der Waals surface area contributed by atoms with Crippen LogP contribution in [0, 0.1) is 0 Å². The van der Waals surface area contributed by atoms with Gasteiger partial charge in [0.05, 0.1) is 5.56 Å². The van der Waals surface area contributed by atoms with Crippen molar-refractivity contribution in [2.75, 3.05) is 0 Å². The molecule has 0 heterocycles. The smallest absolute Gasteiger partial charge is 0.416 e. The summed E-state index contributed by atoms with van der Waals surface area (Å²) < 4.78 is 42.2. The first-order chi connectivity index (χ1) is 7.45. The molecule has 1 aromatic carbocycles. The minimum atomic E-state index is -4.42. The summed E-state index contributed by atoms with van der Waals surface area (Å²) >= 11 is 0. The van der Waals surface area contributed by atoms with Crippen molar-refractivity contribution in [3.05, 3.63) is 35.4 Å². The van der Waals surface area contributed by atoms with Crippen LogP contribution < -0.4 is 0 Å². The van der Waals surface area contributed by atoms with Gasteiger partial charge in [-0.15, -0.1) is 0 Å². The van der Waals surface area contributed by atoms with Gasteiger partial charge in [-0.2, -0.15) is 13.2 Å². The molecule has 0 bridgehead atoms. The number of halogens is 3. The second-order valence-electron chi connectivity index (χ2n) is 3.17. The first-order valence-corrected chi connectivity index (χ1v) is 4.76. The zero-order chi connectivity index (χ0) is 12.2. The zero-order valence-electron chi connectivity index (χ0n) is 8.67. The molecule has 0 unspecified atom stereocenters. The van der Waals surface area contributed by atoms with Crippen molar-refractivity contribution >= 4 is 5.97 Å². The van der Waals surface area contributed by atoms with Crippen molar-refractivity contribution in [2.45, 2.75) is 26.1 Å². The average Bonchev–Trinajstić information content (AvgIpc) is 2.25. The standard InChI is InChI=1S/C11H11F3O2/c1-2-10(15)16-7-8-5-3-4-6-9(8)11(12,13)14/h3-6H,2,7H2,1H3. The van der Waals surface area contributed by atoms with Gasteiger partial charge in [-0.25, -0.2) is 0 Å². The predicted octanol–water partition coefficient (Wildman–Crippen LogP) is 3.16. The van der Waals surface area contributed by atoms with Gasteiger partial charge in [-0.05, 0) is 6.07 Å². The van der Waals surface area contributed by atoms with Crippen molar-refractivity contribution in [3.63, 3.8) is 0 Å². The quantitative estimate of drug-likeness (QED) is 0.748. The third-order valence-electron chi connectivity index (χ3n) is 2.00. The molecule has 5 heteroatoms. The Morgan fingerprint density at radius 1 is 1.31 bits per heavy atom. The number of carbonyl (C=O) groups is 1. The van der Waals surface area contributed by atoms with Crippen LogP contribution in [0.1, 0.15) is 24.5 Å². The van der Waals surface area contributed by atoms with Crippen LogP contribution in [0.5, 0.6) is 0 Å². The fourth-order valence-corrected chi connectivity index (χ4v) is 1.18. The second kappa shape index (κ2) is 5.01. The Labute approximate surface area is 91.0 Å². The lowest BCUT2D eigenvalue weighted by Gasteiger charge is -2.12. The van der Waals surface area contributed by atoms with Crippen LogP contribution in [-0.4, -0.2) is 5.97 Å². The van der Waals surface area contributed by atoms with E-state index in [1.54, 1.807) is 6.92 Å². The van der Waals surface area contributed by atoms with Crippen LogP contribution in [0.15, 0.2) is 24.3 Å². The number of ether oxygens (including phenoxy) is 1. The number of hydrogen-bond donors (Lipinski definition) is 0. The van der Waals surface area contributed by atoms with E-state index in [4.69, 9.17) is 0 Å². The summed E-state index contributed by atoms with van der Waals surface area (Å²) in [6.45, 7) is 1.24. The first kappa shape index (κ1) is 12.5. The number of benzene rings is 1. The normalized spacial score (nSPS) is 11.2. The van der Waals surface area contributed by atoms with E-state index >= 15 is 0 Å². The van der Waals surface area contributed by atoms with Crippen molar-refractivity contribution in [1.29, 1.82) is 0 Å². The molecule has 0 atom stereocenters. The van der Waals surface area contributed by atoms with Crippen LogP contribution >= 0.6 is 0 Å². The lowest BCUT2D eigenvalue weighted by molar-refractivity contribution is -0.147. The third-order valence-corrected chi connectivity index (χ3v) is 2.00. The highest BCUT2D eigenvalue weighted by Gasteiger charge is 2.33. The van der Waals surface area contributed by atoms with E-state index < -0.39 is 17.7 Å². The van der Waals surface area contributed by atoms with Gasteiger partial charge < -0.3 is 4.74 Å². The summed E-state index contributed by atoms with van der Waals surface area (Å²) in [4.78, 5) is 10.8. The third kappa shape index (κ3) is 3.25. The highest BCUT2D eigenvalue weighted by molar-refractivity contribution is 5.68. The molecule has 0 aromatic heterocycles. The zero-order valence-corrected chi connectivity index (χ0v) is 8.67. The summed E-state index contributed by atoms with van der Waals surface area (Å²) in [6.07, 6.45) is -4.27. The van der Waals surface area contributed by atoms with E-state index in [2.05, 4.69) is 4.74 Å². The second-order valence-corrected chi connectivity index (χ2v) is 3.17. The van der Waals surface area contributed by atoms with E-state index in [-0.39, 0.29) is 18.6 Å². The van der Waals surface area contributed by atoms with Gasteiger partial charge in [0.15, 0.2) is 0 Å². The van der Waals surface area contributed by atoms with E-state index in [1.165, 1.54) is 18.2 Å². The molecule has 0 aliphatic heterocycles. The molecule has 0 amide bonds. The fourth-order valence-electron chi connectivity index (χ4n) is 1.18. The van der Waals surface area contributed by atoms with Gasteiger partial charge in [0, 0.05) is 12.0 Å². The average molecular weight is 232 g/mol. The molecule has 88 valence electrons. The van der Waals surface area contributed by atoms with Crippen molar-refractivity contribution in [2.24, 2.45) is 0 Å². The van der Waals surface area contributed by atoms with Crippen molar-refractivity contribution in [1.82, 2.24) is 0 Å². The largest absolute Gasteiger partial charge is 0.461 e. The Balaban J connectivity index is 2.84. The molecule has 0 aliphatic carbocycles. The SMILES string of the molecule is CCC(=O)OCc1ccccc1C(F)(F)F. The molecular formula is C11H11F3O2. The van der Waals surface area contributed by atoms with Gasteiger partial charge in [0.1, 0.15) is 6.61 Å². The van der Waals surface area contributed by atoms with Crippen molar-refractivity contribution < 1.29 is 22.7 Å². The summed E-state index contributed by atoms with van der Waals surface area (Å²) in [5.74, 6) is -0.517. The minimum Gasteiger partial charge on any atom is -0.461 e. The highest BCUT2D eigenvalue weighted by Crippen LogP contribution is 2.32. The van der Waals surface area contributed by atoms with E-state index in [0.717, 1.165) is 6.07 Å². The fraction of sp³-hybridized carbons (Fsp3) is 0.364. The Kier molecular flexibility index (Phi) is 3.93. The Morgan fingerprint density at radius 3 is 2.50 bits per heavy atom. The Hall–Kier alpha value is -1.52. The summed E-state index contributed by atoms with van der Waals surface area (Å²) in [5.41, 5.74) is -0.796. The summed E-state index contributed by atoms with van der Waals surface area (Å²) in [7, 11) is 0. The van der Waals surface area contributed by atoms with Gasteiger partial charge in [-0.1, -0.05) is 25.1 Å². The highest BCUT2D eigenvalue weighted by atomic mass is 19.4.